The van der Waals surface area contributed by atoms with Crippen LogP contribution in [0.4, 0.5) is 0 Å². The second-order valence-corrected chi connectivity index (χ2v) is 6.62. The van der Waals surface area contributed by atoms with Gasteiger partial charge in [0.2, 0.25) is 5.91 Å². The van der Waals surface area contributed by atoms with Crippen LogP contribution in [0.2, 0.25) is 0 Å². The number of hydrogen-bond acceptors (Lipinski definition) is 3. The van der Waals surface area contributed by atoms with Gasteiger partial charge in [-0.3, -0.25) is 9.59 Å². The molecule has 1 fully saturated rings. The van der Waals surface area contributed by atoms with Crippen LogP contribution in [0.25, 0.3) is 0 Å². The number of nitrogens with zero attached hydrogens (tertiary/aromatic N) is 1. The molecule has 2 atom stereocenters. The van der Waals surface area contributed by atoms with Gasteiger partial charge in [-0.1, -0.05) is 19.1 Å². The van der Waals surface area contributed by atoms with E-state index in [1.165, 1.54) is 5.56 Å². The van der Waals surface area contributed by atoms with Crippen molar-refractivity contribution in [3.05, 3.63) is 29.3 Å². The largest absolute Gasteiger partial charge is 0.493 e. The zero-order chi connectivity index (χ0) is 16.4. The van der Waals surface area contributed by atoms with E-state index in [0.29, 0.717) is 25.9 Å². The summed E-state index contributed by atoms with van der Waals surface area (Å²) in [5, 5.41) is 9.17. The zero-order valence-electron chi connectivity index (χ0n) is 13.5. The Kier molecular flexibility index (Phi) is 4.55. The van der Waals surface area contributed by atoms with Crippen LogP contribution in [0, 0.1) is 11.8 Å². The third-order valence-electron chi connectivity index (χ3n) is 4.90. The fourth-order valence-corrected chi connectivity index (χ4v) is 3.55. The minimum Gasteiger partial charge on any atom is -0.493 e. The van der Waals surface area contributed by atoms with Crippen molar-refractivity contribution in [1.82, 2.24) is 4.90 Å². The highest BCUT2D eigenvalue weighted by molar-refractivity contribution is 5.79. The first kappa shape index (κ1) is 15.8. The number of carboxylic acid groups (broad SMARTS) is 1. The first-order valence-electron chi connectivity index (χ1n) is 8.30. The highest BCUT2D eigenvalue weighted by Crippen LogP contribution is 2.27. The number of aryl methyl sites for hydroxylation is 1. The molecule has 5 heteroatoms. The molecule has 124 valence electrons. The van der Waals surface area contributed by atoms with Gasteiger partial charge in [0.25, 0.3) is 0 Å². The normalized spacial score (nSPS) is 23.8. The Balaban J connectivity index is 1.62. The van der Waals surface area contributed by atoms with Gasteiger partial charge in [0.15, 0.2) is 0 Å². The molecule has 1 N–H and O–H groups in total. The quantitative estimate of drug-likeness (QED) is 0.927. The van der Waals surface area contributed by atoms with Crippen LogP contribution in [0.3, 0.4) is 0 Å². The second kappa shape index (κ2) is 6.60. The van der Waals surface area contributed by atoms with Crippen LogP contribution >= 0.6 is 0 Å². The predicted octanol–water partition coefficient (Wildman–Crippen LogP) is 2.12. The summed E-state index contributed by atoms with van der Waals surface area (Å²) in [5.41, 5.74) is 2.19. The fourth-order valence-electron chi connectivity index (χ4n) is 3.55. The summed E-state index contributed by atoms with van der Waals surface area (Å²) in [6.45, 7) is 3.74. The summed E-state index contributed by atoms with van der Waals surface area (Å²) in [4.78, 5) is 25.5. The molecule has 0 spiro atoms. The number of carbonyl (C=O) groups is 2. The van der Waals surface area contributed by atoms with Crippen LogP contribution < -0.4 is 4.74 Å². The van der Waals surface area contributed by atoms with Crippen molar-refractivity contribution in [3.63, 3.8) is 0 Å². The maximum absolute atomic E-state index is 12.5. The van der Waals surface area contributed by atoms with E-state index in [-0.39, 0.29) is 17.7 Å². The Hall–Kier alpha value is -2.04. The Morgan fingerprint density at radius 3 is 2.96 bits per heavy atom. The van der Waals surface area contributed by atoms with Crippen molar-refractivity contribution in [2.24, 2.45) is 11.8 Å². The molecule has 0 radical (unpaired) electrons. The maximum Gasteiger partial charge on any atom is 0.306 e. The summed E-state index contributed by atoms with van der Waals surface area (Å²) in [7, 11) is 0. The Labute approximate surface area is 136 Å². The van der Waals surface area contributed by atoms with Crippen molar-refractivity contribution >= 4 is 11.9 Å². The van der Waals surface area contributed by atoms with Crippen LogP contribution in [0.1, 0.15) is 30.9 Å². The van der Waals surface area contributed by atoms with Crippen LogP contribution in [0.15, 0.2) is 18.2 Å². The minimum atomic E-state index is -0.751. The van der Waals surface area contributed by atoms with Gasteiger partial charge in [-0.25, -0.2) is 0 Å². The number of carboxylic acids is 1. The van der Waals surface area contributed by atoms with Crippen molar-refractivity contribution < 1.29 is 19.4 Å². The smallest absolute Gasteiger partial charge is 0.306 e. The fraction of sp³-hybridized carbons (Fsp3) is 0.556. The molecule has 2 aliphatic rings. The van der Waals surface area contributed by atoms with Crippen molar-refractivity contribution in [2.45, 2.75) is 32.6 Å². The number of benzene rings is 1. The third kappa shape index (κ3) is 3.49. The molecule has 0 aliphatic carbocycles. The predicted molar refractivity (Wildman–Crippen MR) is 85.4 cm³/mol. The van der Waals surface area contributed by atoms with Crippen molar-refractivity contribution in [3.8, 4) is 5.75 Å². The van der Waals surface area contributed by atoms with Crippen molar-refractivity contribution in [2.75, 3.05) is 19.7 Å². The summed E-state index contributed by atoms with van der Waals surface area (Å²) in [5.74, 6) is -0.0675. The molecule has 1 aromatic carbocycles. The van der Waals surface area contributed by atoms with Crippen LogP contribution in [-0.4, -0.2) is 41.6 Å². The van der Waals surface area contributed by atoms with Gasteiger partial charge in [0.05, 0.1) is 18.9 Å². The molecular weight excluding hydrogens is 294 g/mol. The van der Waals surface area contributed by atoms with Gasteiger partial charge in [-0.15, -0.1) is 0 Å². The van der Waals surface area contributed by atoms with Gasteiger partial charge in [-0.2, -0.15) is 0 Å². The number of amides is 1. The Morgan fingerprint density at radius 2 is 2.22 bits per heavy atom. The Bertz CT molecular complexity index is 613. The summed E-state index contributed by atoms with van der Waals surface area (Å²) in [6.07, 6.45) is 2.93. The lowest BCUT2D eigenvalue weighted by Crippen LogP contribution is -2.45. The van der Waals surface area contributed by atoms with E-state index < -0.39 is 5.97 Å². The van der Waals surface area contributed by atoms with E-state index in [1.54, 1.807) is 4.90 Å². The molecule has 0 aromatic heterocycles. The molecule has 2 heterocycles. The van der Waals surface area contributed by atoms with E-state index in [0.717, 1.165) is 30.8 Å². The van der Waals surface area contributed by atoms with E-state index in [4.69, 9.17) is 9.84 Å². The molecule has 3 rings (SSSR count). The molecule has 1 amide bonds. The van der Waals surface area contributed by atoms with Gasteiger partial charge < -0.3 is 14.7 Å². The number of hydrogen-bond donors (Lipinski definition) is 1. The van der Waals surface area contributed by atoms with Crippen LogP contribution in [0.5, 0.6) is 5.75 Å². The van der Waals surface area contributed by atoms with Crippen molar-refractivity contribution in [1.29, 1.82) is 0 Å². The van der Waals surface area contributed by atoms with Gasteiger partial charge in [0.1, 0.15) is 5.75 Å². The number of ether oxygens (including phenoxy) is 1. The van der Waals surface area contributed by atoms with E-state index in [9.17, 15) is 9.59 Å². The number of likely N-dealkylation sites (tertiary alicyclic amines) is 1. The average Bonchev–Trinajstić information content (AvgIpc) is 2.54. The molecule has 1 aromatic rings. The number of aliphatic carboxylic acids is 1. The number of carbonyl (C=O) groups excluding carboxylic acids is 1. The highest BCUT2D eigenvalue weighted by atomic mass is 16.5. The molecule has 0 unspecified atom stereocenters. The van der Waals surface area contributed by atoms with Gasteiger partial charge >= 0.3 is 5.97 Å². The number of rotatable bonds is 3. The lowest BCUT2D eigenvalue weighted by Gasteiger charge is -2.35. The average molecular weight is 317 g/mol. The molecule has 0 bridgehead atoms. The SMILES string of the molecule is C[C@@H]1CN(C(=O)Cc2ccc3c(c2)CCCO3)CC[C@@H]1C(=O)O. The van der Waals surface area contributed by atoms with E-state index >= 15 is 0 Å². The molecule has 0 saturated carbocycles. The lowest BCUT2D eigenvalue weighted by atomic mass is 9.87. The van der Waals surface area contributed by atoms with E-state index in [2.05, 4.69) is 6.07 Å². The van der Waals surface area contributed by atoms with E-state index in [1.807, 2.05) is 19.1 Å². The standard InChI is InChI=1S/C18H23NO4/c1-12-11-19(7-6-15(12)18(21)22)17(20)10-13-4-5-16-14(9-13)3-2-8-23-16/h4-5,9,12,15H,2-3,6-8,10-11H2,1H3,(H,21,22)/t12-,15+/m1/s1. The summed E-state index contributed by atoms with van der Waals surface area (Å²) >= 11 is 0. The minimum absolute atomic E-state index is 0.00197. The first-order valence-corrected chi connectivity index (χ1v) is 8.30. The number of piperidine rings is 1. The second-order valence-electron chi connectivity index (χ2n) is 6.62. The molecule has 23 heavy (non-hydrogen) atoms. The number of fused-ring (bicyclic) bond motifs is 1. The molecular formula is C18H23NO4. The summed E-state index contributed by atoms with van der Waals surface area (Å²) in [6, 6.07) is 5.98. The summed E-state index contributed by atoms with van der Waals surface area (Å²) < 4.78 is 5.60. The lowest BCUT2D eigenvalue weighted by molar-refractivity contribution is -0.148. The molecule has 2 aliphatic heterocycles. The third-order valence-corrected chi connectivity index (χ3v) is 4.90. The monoisotopic (exact) mass is 317 g/mol. The molecule has 1 saturated heterocycles. The Morgan fingerprint density at radius 1 is 1.39 bits per heavy atom. The highest BCUT2D eigenvalue weighted by Gasteiger charge is 2.32. The topological polar surface area (TPSA) is 66.8 Å². The van der Waals surface area contributed by atoms with Gasteiger partial charge in [0, 0.05) is 13.1 Å². The van der Waals surface area contributed by atoms with Gasteiger partial charge in [-0.05, 0) is 42.4 Å². The molecule has 5 nitrogen and oxygen atoms in total. The maximum atomic E-state index is 12.5. The first-order chi connectivity index (χ1) is 11.0. The van der Waals surface area contributed by atoms with Crippen LogP contribution in [-0.2, 0) is 22.4 Å². The zero-order valence-corrected chi connectivity index (χ0v) is 13.5.